The second kappa shape index (κ2) is 7.33. The topological polar surface area (TPSA) is 89.3 Å². The van der Waals surface area contributed by atoms with Gasteiger partial charge in [-0.25, -0.2) is 9.18 Å². The predicted octanol–water partition coefficient (Wildman–Crippen LogP) is 2.12. The van der Waals surface area contributed by atoms with Crippen LogP contribution in [0.2, 0.25) is 0 Å². The van der Waals surface area contributed by atoms with Crippen LogP contribution in [0.15, 0.2) is 18.2 Å². The van der Waals surface area contributed by atoms with Crippen LogP contribution in [0.5, 0.6) is 5.75 Å². The fraction of sp³-hybridized carbons (Fsp3) is 0.562. The summed E-state index contributed by atoms with van der Waals surface area (Å²) in [5, 5.41) is 20.8. The number of benzene rings is 1. The van der Waals surface area contributed by atoms with Crippen molar-refractivity contribution in [3.63, 3.8) is 0 Å². The molecule has 1 N–H and O–H groups in total. The number of amides is 1. The molecule has 0 aliphatic carbocycles. The van der Waals surface area contributed by atoms with Gasteiger partial charge in [-0.15, -0.1) is 0 Å². The van der Waals surface area contributed by atoms with Gasteiger partial charge in [0.15, 0.2) is 11.4 Å². The molecule has 8 heteroatoms. The monoisotopic (exact) mass is 341 g/mol. The molecule has 0 unspecified atom stereocenters. The fourth-order valence-electron chi connectivity index (χ4n) is 2.47. The summed E-state index contributed by atoms with van der Waals surface area (Å²) < 4.78 is 24.3. The van der Waals surface area contributed by atoms with Crippen LogP contribution >= 0.6 is 0 Å². The lowest BCUT2D eigenvalue weighted by atomic mass is 10.1. The molecule has 1 aliphatic rings. The van der Waals surface area contributed by atoms with Crippen LogP contribution in [0.3, 0.4) is 0 Å². The molecule has 24 heavy (non-hydrogen) atoms. The van der Waals surface area contributed by atoms with Gasteiger partial charge in [0.1, 0.15) is 17.5 Å². The zero-order valence-corrected chi connectivity index (χ0v) is 14.0. The molecule has 1 fully saturated rings. The summed E-state index contributed by atoms with van der Waals surface area (Å²) in [7, 11) is 0. The molecule has 1 heterocycles. The average Bonchev–Trinajstić information content (AvgIpc) is 2.45. The van der Waals surface area contributed by atoms with Gasteiger partial charge in [-0.1, -0.05) is 0 Å². The Balaban J connectivity index is 2.06. The van der Waals surface area contributed by atoms with Crippen molar-refractivity contribution in [2.24, 2.45) is 0 Å². The molecule has 7 nitrogen and oxygen atoms in total. The van der Waals surface area contributed by atoms with E-state index in [1.54, 1.807) is 20.8 Å². The minimum atomic E-state index is -1.44. The first-order valence-electron chi connectivity index (χ1n) is 7.81. The highest BCUT2D eigenvalue weighted by molar-refractivity contribution is 5.68. The normalized spacial score (nSPS) is 18.6. The van der Waals surface area contributed by atoms with E-state index in [2.05, 4.69) is 0 Å². The Morgan fingerprint density at radius 3 is 2.71 bits per heavy atom. The lowest BCUT2D eigenvalue weighted by Gasteiger charge is -2.35. The smallest absolute Gasteiger partial charge is 0.410 e. The van der Waals surface area contributed by atoms with Gasteiger partial charge >= 0.3 is 6.09 Å². The number of ether oxygens (including phenoxy) is 2. The zero-order chi connectivity index (χ0) is 17.9. The Morgan fingerprint density at radius 2 is 2.08 bits per heavy atom. The quantitative estimate of drug-likeness (QED) is 0.851. The third-order valence-electron chi connectivity index (χ3n) is 3.49. The summed E-state index contributed by atoms with van der Waals surface area (Å²) >= 11 is 0. The van der Waals surface area contributed by atoms with E-state index >= 15 is 0 Å². The number of hydrogen-bond acceptors (Lipinski definition) is 5. The standard InChI is InChI=1S/C16H22FN2O5/c1-16(2,3)24-15(20)18-8-4-5-12(10-18)23-14-9-11(17)6-7-13(14)19(21)22/h6-7,9,12,19H,4-5,8,10H2,1-3H3/q-1/t12-/m1/s1. The summed E-state index contributed by atoms with van der Waals surface area (Å²) in [6.07, 6.45) is 0.420. The van der Waals surface area contributed by atoms with Crippen LogP contribution < -0.4 is 9.96 Å². The summed E-state index contributed by atoms with van der Waals surface area (Å²) in [6.45, 7) is 6.12. The molecule has 1 aliphatic heterocycles. The van der Waals surface area contributed by atoms with E-state index in [9.17, 15) is 19.6 Å². The van der Waals surface area contributed by atoms with E-state index in [1.807, 2.05) is 0 Å². The predicted molar refractivity (Wildman–Crippen MR) is 85.2 cm³/mol. The number of hydrogen-bond donors (Lipinski definition) is 1. The Morgan fingerprint density at radius 1 is 1.38 bits per heavy atom. The van der Waals surface area contributed by atoms with Crippen LogP contribution in [0, 0.1) is 16.2 Å². The molecule has 0 radical (unpaired) electrons. The van der Waals surface area contributed by atoms with Crippen LogP contribution in [-0.4, -0.2) is 35.8 Å². The van der Waals surface area contributed by atoms with Gasteiger partial charge in [-0.3, -0.25) is 0 Å². The molecule has 2 rings (SSSR count). The molecule has 1 saturated heterocycles. The zero-order valence-electron chi connectivity index (χ0n) is 14.0. The van der Waals surface area contributed by atoms with Gasteiger partial charge in [0.05, 0.1) is 6.54 Å². The Hall–Kier alpha value is -1.90. The van der Waals surface area contributed by atoms with Crippen molar-refractivity contribution in [2.75, 3.05) is 13.1 Å². The second-order valence-corrected chi connectivity index (χ2v) is 6.74. The van der Waals surface area contributed by atoms with Crippen molar-refractivity contribution in [3.8, 4) is 5.75 Å². The van der Waals surface area contributed by atoms with Crippen molar-refractivity contribution in [3.05, 3.63) is 34.4 Å². The summed E-state index contributed by atoms with van der Waals surface area (Å²) in [6, 6.07) is 3.15. The fourth-order valence-corrected chi connectivity index (χ4v) is 2.47. The summed E-state index contributed by atoms with van der Waals surface area (Å²) in [4.78, 5) is 13.6. The lowest BCUT2D eigenvalue weighted by Crippen LogP contribution is -2.96. The van der Waals surface area contributed by atoms with E-state index < -0.39 is 28.8 Å². The number of halogens is 1. The number of nitrogens with zero attached hydrogens (tertiary/aromatic N) is 1. The van der Waals surface area contributed by atoms with Crippen molar-refractivity contribution in [1.82, 2.24) is 4.90 Å². The number of likely N-dealkylation sites (tertiary alicyclic amines) is 1. The highest BCUT2D eigenvalue weighted by Crippen LogP contribution is 2.26. The van der Waals surface area contributed by atoms with Crippen molar-refractivity contribution in [1.29, 1.82) is 0 Å². The van der Waals surface area contributed by atoms with Crippen molar-refractivity contribution in [2.45, 2.75) is 45.3 Å². The van der Waals surface area contributed by atoms with Crippen LogP contribution in [0.25, 0.3) is 0 Å². The maximum atomic E-state index is 13.4. The van der Waals surface area contributed by atoms with Crippen molar-refractivity contribution < 1.29 is 23.9 Å². The molecule has 1 aromatic carbocycles. The molecule has 1 atom stereocenters. The first kappa shape index (κ1) is 18.4. The summed E-state index contributed by atoms with van der Waals surface area (Å²) in [5.74, 6) is -0.694. The van der Waals surface area contributed by atoms with Crippen molar-refractivity contribution >= 4 is 11.8 Å². The van der Waals surface area contributed by atoms with E-state index in [-0.39, 0.29) is 18.0 Å². The first-order valence-corrected chi connectivity index (χ1v) is 7.81. The van der Waals surface area contributed by atoms with E-state index in [0.717, 1.165) is 18.2 Å². The van der Waals surface area contributed by atoms with Crippen LogP contribution in [0.1, 0.15) is 33.6 Å². The van der Waals surface area contributed by atoms with Crippen LogP contribution in [-0.2, 0) is 4.74 Å². The average molecular weight is 341 g/mol. The van der Waals surface area contributed by atoms with Gasteiger partial charge < -0.3 is 30.0 Å². The molecule has 1 aromatic rings. The lowest BCUT2D eigenvalue weighted by molar-refractivity contribution is -0.715. The number of nitrogens with one attached hydrogen (secondary N) is 1. The maximum absolute atomic E-state index is 13.4. The highest BCUT2D eigenvalue weighted by Gasteiger charge is 2.29. The molecule has 134 valence electrons. The minimum Gasteiger partial charge on any atom is -0.628 e. The second-order valence-electron chi connectivity index (χ2n) is 6.74. The Bertz CT molecular complexity index is 588. The maximum Gasteiger partial charge on any atom is 0.410 e. The molecule has 0 aromatic heterocycles. The summed E-state index contributed by atoms with van der Waals surface area (Å²) in [5.41, 5.74) is -0.818. The Kier molecular flexibility index (Phi) is 5.63. The van der Waals surface area contributed by atoms with Crippen LogP contribution in [0.4, 0.5) is 14.9 Å². The first-order chi connectivity index (χ1) is 11.2. The van der Waals surface area contributed by atoms with Gasteiger partial charge in [-0.05, 0) is 39.7 Å². The number of piperidine rings is 1. The molecule has 1 amide bonds. The molecule has 0 bridgehead atoms. The number of quaternary nitrogens is 1. The van der Waals surface area contributed by atoms with E-state index in [4.69, 9.17) is 9.47 Å². The van der Waals surface area contributed by atoms with Gasteiger partial charge in [0, 0.05) is 18.7 Å². The van der Waals surface area contributed by atoms with Gasteiger partial charge in [0.25, 0.3) is 0 Å². The van der Waals surface area contributed by atoms with E-state index in [0.29, 0.717) is 19.4 Å². The van der Waals surface area contributed by atoms with Gasteiger partial charge in [-0.2, -0.15) is 0 Å². The highest BCUT2D eigenvalue weighted by atomic mass is 19.1. The Labute approximate surface area is 140 Å². The number of carbonyl (C=O) groups excluding carboxylic acids is 1. The third kappa shape index (κ3) is 5.05. The molecular weight excluding hydrogens is 319 g/mol. The van der Waals surface area contributed by atoms with E-state index in [1.165, 1.54) is 4.90 Å². The third-order valence-corrected chi connectivity index (χ3v) is 3.49. The minimum absolute atomic E-state index is 0.0916. The van der Waals surface area contributed by atoms with Gasteiger partial charge in [0.2, 0.25) is 0 Å². The molecule has 0 spiro atoms. The SMILES string of the molecule is CC(C)(C)OC(=O)N1CCC[C@@H](Oc2cc(F)ccc2[NH+]([O-])[O-])C1. The molecular formula is C16H22FN2O5-. The number of carbonyl (C=O) groups is 1. The molecule has 0 saturated carbocycles. The number of rotatable bonds is 3. The largest absolute Gasteiger partial charge is 0.628 e.